The van der Waals surface area contributed by atoms with E-state index in [0.29, 0.717) is 45.8 Å². The summed E-state index contributed by atoms with van der Waals surface area (Å²) in [5, 5.41) is 29.7. The van der Waals surface area contributed by atoms with Gasteiger partial charge >= 0.3 is 0 Å². The first-order valence-electron chi connectivity index (χ1n) is 12.1. The van der Waals surface area contributed by atoms with Gasteiger partial charge in [-0.25, -0.2) is 0 Å². The summed E-state index contributed by atoms with van der Waals surface area (Å²) in [7, 11) is 0. The van der Waals surface area contributed by atoms with Gasteiger partial charge in [0.1, 0.15) is 17.7 Å². The molecular weight excluding hydrogens is 538 g/mol. The lowest BCUT2D eigenvalue weighted by molar-refractivity contribution is -0.479. The summed E-state index contributed by atoms with van der Waals surface area (Å²) in [5.41, 5.74) is 3.73. The fraction of sp³-hybridized carbons (Fsp3) is 0.250. The summed E-state index contributed by atoms with van der Waals surface area (Å²) in [6, 6.07) is 20.5. The zero-order valence-electron chi connectivity index (χ0n) is 21.6. The van der Waals surface area contributed by atoms with Crippen LogP contribution in [0.1, 0.15) is 40.3 Å². The van der Waals surface area contributed by atoms with Gasteiger partial charge in [0.15, 0.2) is 16.7 Å². The highest BCUT2D eigenvalue weighted by atomic mass is 35.5. The molecule has 0 aliphatic carbocycles. The molecule has 4 aromatic rings. The van der Waals surface area contributed by atoms with Crippen LogP contribution in [0.5, 0.6) is 11.5 Å². The lowest BCUT2D eigenvalue weighted by Gasteiger charge is -2.19. The van der Waals surface area contributed by atoms with Crippen molar-refractivity contribution in [2.75, 3.05) is 13.2 Å². The molecule has 9 nitrogen and oxygen atoms in total. The summed E-state index contributed by atoms with van der Waals surface area (Å²) in [4.78, 5) is 11.3. The van der Waals surface area contributed by atoms with Crippen molar-refractivity contribution < 1.29 is 14.4 Å². The molecule has 0 saturated carbocycles. The highest BCUT2D eigenvalue weighted by Gasteiger charge is 2.26. The van der Waals surface area contributed by atoms with Gasteiger partial charge in [0.05, 0.1) is 23.3 Å². The van der Waals surface area contributed by atoms with Crippen LogP contribution < -0.4 is 9.47 Å². The smallest absolute Gasteiger partial charge is 0.220 e. The Labute approximate surface area is 235 Å². The Hall–Kier alpha value is -4.07. The highest BCUT2D eigenvalue weighted by molar-refractivity contribution is 7.99. The number of thioether (sulfide) groups is 1. The van der Waals surface area contributed by atoms with Crippen molar-refractivity contribution in [2.24, 2.45) is 0 Å². The van der Waals surface area contributed by atoms with E-state index in [1.165, 1.54) is 11.8 Å². The minimum absolute atomic E-state index is 0.106. The first kappa shape index (κ1) is 28.0. The van der Waals surface area contributed by atoms with Crippen molar-refractivity contribution in [2.45, 2.75) is 37.8 Å². The molecule has 39 heavy (non-hydrogen) atoms. The first-order chi connectivity index (χ1) is 18.8. The van der Waals surface area contributed by atoms with E-state index >= 15 is 0 Å². The summed E-state index contributed by atoms with van der Waals surface area (Å²) in [5.74, 6) is 1.33. The molecule has 0 N–H and O–H groups in total. The molecule has 1 atom stereocenters. The van der Waals surface area contributed by atoms with Crippen LogP contribution in [0.3, 0.4) is 0 Å². The van der Waals surface area contributed by atoms with Gasteiger partial charge in [-0.1, -0.05) is 53.7 Å². The molecule has 1 aromatic heterocycles. The van der Waals surface area contributed by atoms with Gasteiger partial charge in [0.25, 0.3) is 0 Å². The second-order valence-electron chi connectivity index (χ2n) is 8.65. The number of nitro groups is 1. The number of rotatable bonds is 11. The lowest BCUT2D eigenvalue weighted by Crippen LogP contribution is -2.12. The van der Waals surface area contributed by atoms with Gasteiger partial charge in [0, 0.05) is 16.2 Å². The van der Waals surface area contributed by atoms with E-state index in [2.05, 4.69) is 16.3 Å². The van der Waals surface area contributed by atoms with E-state index in [0.717, 1.165) is 11.3 Å². The highest BCUT2D eigenvalue weighted by Crippen LogP contribution is 2.43. The minimum atomic E-state index is -0.641. The van der Waals surface area contributed by atoms with Crippen molar-refractivity contribution >= 4 is 23.4 Å². The second kappa shape index (κ2) is 12.7. The normalized spacial score (nSPS) is 11.6. The molecule has 0 bridgehead atoms. The molecule has 200 valence electrons. The van der Waals surface area contributed by atoms with Crippen LogP contribution >= 0.6 is 23.4 Å². The predicted molar refractivity (Wildman–Crippen MR) is 149 cm³/mol. The third-order valence-corrected chi connectivity index (χ3v) is 7.29. The molecule has 3 aromatic carbocycles. The standard InChI is InChI=1S/C28H26ClN5O4S/c1-4-37-25-14-22(13-24(29)27(25)38-17-21-10-6-5-9-20(21)15-30)26(16-33(35)36)39-28-32-31-19(3)34(28)23-11-7-8-18(2)12-23/h5-14,26H,4,16-17H2,1-3H3/t26-/m1/s1. The van der Waals surface area contributed by atoms with E-state index in [1.54, 1.807) is 30.3 Å². The van der Waals surface area contributed by atoms with Crippen LogP contribution in [-0.2, 0) is 6.61 Å². The van der Waals surface area contributed by atoms with Crippen molar-refractivity contribution in [1.82, 2.24) is 14.8 Å². The summed E-state index contributed by atoms with van der Waals surface area (Å²) < 4.78 is 13.7. The quantitative estimate of drug-likeness (QED) is 0.115. The second-order valence-corrected chi connectivity index (χ2v) is 10.2. The number of aryl methyl sites for hydroxylation is 2. The zero-order valence-corrected chi connectivity index (χ0v) is 23.2. The predicted octanol–water partition coefficient (Wildman–Crippen LogP) is 6.50. The Kier molecular flexibility index (Phi) is 9.07. The fourth-order valence-electron chi connectivity index (χ4n) is 4.04. The Balaban J connectivity index is 1.69. The Morgan fingerprint density at radius 1 is 1.13 bits per heavy atom. The Morgan fingerprint density at radius 3 is 2.64 bits per heavy atom. The van der Waals surface area contributed by atoms with E-state index in [4.69, 9.17) is 21.1 Å². The molecule has 0 aliphatic rings. The first-order valence-corrected chi connectivity index (χ1v) is 13.4. The number of hydrogen-bond donors (Lipinski definition) is 0. The molecule has 11 heteroatoms. The van der Waals surface area contributed by atoms with E-state index in [-0.39, 0.29) is 23.1 Å². The Morgan fingerprint density at radius 2 is 1.92 bits per heavy atom. The average Bonchev–Trinajstić information content (AvgIpc) is 3.27. The molecule has 0 aliphatic heterocycles. The number of ether oxygens (including phenoxy) is 2. The third-order valence-electron chi connectivity index (χ3n) is 5.83. The van der Waals surface area contributed by atoms with Crippen LogP contribution in [0.25, 0.3) is 5.69 Å². The van der Waals surface area contributed by atoms with Crippen LogP contribution in [0.15, 0.2) is 65.8 Å². The molecule has 0 unspecified atom stereocenters. The minimum Gasteiger partial charge on any atom is -0.490 e. The monoisotopic (exact) mass is 563 g/mol. The van der Waals surface area contributed by atoms with Crippen LogP contribution in [0.2, 0.25) is 5.02 Å². The van der Waals surface area contributed by atoms with Gasteiger partial charge in [0.2, 0.25) is 6.54 Å². The van der Waals surface area contributed by atoms with Crippen molar-refractivity contribution in [3.8, 4) is 23.3 Å². The lowest BCUT2D eigenvalue weighted by atomic mass is 10.1. The van der Waals surface area contributed by atoms with Gasteiger partial charge in [-0.15, -0.1) is 10.2 Å². The molecule has 4 rings (SSSR count). The largest absolute Gasteiger partial charge is 0.490 e. The van der Waals surface area contributed by atoms with E-state index in [1.807, 2.05) is 55.7 Å². The molecule has 1 heterocycles. The summed E-state index contributed by atoms with van der Waals surface area (Å²) >= 11 is 7.89. The van der Waals surface area contributed by atoms with Gasteiger partial charge in [-0.3, -0.25) is 14.7 Å². The summed E-state index contributed by atoms with van der Waals surface area (Å²) in [6.07, 6.45) is 0. The van der Waals surface area contributed by atoms with Crippen molar-refractivity contribution in [3.63, 3.8) is 0 Å². The number of aromatic nitrogens is 3. The van der Waals surface area contributed by atoms with E-state index < -0.39 is 5.25 Å². The molecule has 0 fully saturated rings. The topological polar surface area (TPSA) is 116 Å². The van der Waals surface area contributed by atoms with Gasteiger partial charge in [-0.05, 0) is 62.2 Å². The molecule has 0 amide bonds. The van der Waals surface area contributed by atoms with Crippen LogP contribution in [-0.4, -0.2) is 32.8 Å². The van der Waals surface area contributed by atoms with Gasteiger partial charge < -0.3 is 9.47 Å². The summed E-state index contributed by atoms with van der Waals surface area (Å²) in [6.45, 7) is 5.72. The molecule has 0 saturated heterocycles. The maximum absolute atomic E-state index is 11.7. The SMILES string of the molecule is CCOc1cc([C@@H](C[N+](=O)[O-])Sc2nnc(C)n2-c2cccc(C)c2)cc(Cl)c1OCc1ccccc1C#N. The van der Waals surface area contributed by atoms with E-state index in [9.17, 15) is 15.4 Å². The molecule has 0 spiro atoms. The number of hydrogen-bond acceptors (Lipinski definition) is 8. The molecule has 0 radical (unpaired) electrons. The maximum atomic E-state index is 11.7. The number of benzene rings is 3. The zero-order chi connectivity index (χ0) is 27.9. The Bertz CT molecular complexity index is 1530. The van der Waals surface area contributed by atoms with Crippen molar-refractivity contribution in [3.05, 3.63) is 104 Å². The maximum Gasteiger partial charge on any atom is 0.220 e. The molecular formula is C28H26ClN5O4S. The average molecular weight is 564 g/mol. The number of nitriles is 1. The number of nitrogens with zero attached hydrogens (tertiary/aromatic N) is 5. The van der Waals surface area contributed by atoms with Crippen molar-refractivity contribution in [1.29, 1.82) is 5.26 Å². The number of halogens is 1. The van der Waals surface area contributed by atoms with Gasteiger partial charge in [-0.2, -0.15) is 5.26 Å². The van der Waals surface area contributed by atoms with Crippen LogP contribution in [0.4, 0.5) is 0 Å². The fourth-order valence-corrected chi connectivity index (χ4v) is 5.47. The van der Waals surface area contributed by atoms with Crippen LogP contribution in [0, 0.1) is 35.3 Å². The third kappa shape index (κ3) is 6.69.